The van der Waals surface area contributed by atoms with E-state index in [9.17, 15) is 26.4 Å². The summed E-state index contributed by atoms with van der Waals surface area (Å²) >= 11 is 0. The molecule has 0 fully saturated rings. The molecule has 0 saturated heterocycles. The van der Waals surface area contributed by atoms with Gasteiger partial charge in [0.2, 0.25) is 5.91 Å². The number of carbonyl (C=O) groups is 1. The second-order valence-electron chi connectivity index (χ2n) is 6.45. The molecule has 156 valence electrons. The van der Waals surface area contributed by atoms with Crippen LogP contribution in [0.5, 0.6) is 0 Å². The van der Waals surface area contributed by atoms with Crippen LogP contribution in [0.15, 0.2) is 71.6 Å². The van der Waals surface area contributed by atoms with E-state index in [0.717, 1.165) is 29.8 Å². The molecule has 0 aliphatic rings. The largest absolute Gasteiger partial charge is 0.324 e. The molecule has 30 heavy (non-hydrogen) atoms. The Morgan fingerprint density at radius 1 is 0.900 bits per heavy atom. The van der Waals surface area contributed by atoms with Crippen LogP contribution in [0.3, 0.4) is 0 Å². The van der Waals surface area contributed by atoms with Gasteiger partial charge in [0.05, 0.1) is 10.6 Å². The van der Waals surface area contributed by atoms with E-state index < -0.39 is 39.9 Å². The second-order valence-corrected chi connectivity index (χ2v) is 8.32. The Bertz CT molecular complexity index is 1180. The molecule has 0 radical (unpaired) electrons. The highest BCUT2D eigenvalue weighted by atomic mass is 32.2. The molecule has 0 bridgehead atoms. The van der Waals surface area contributed by atoms with Gasteiger partial charge in [-0.25, -0.2) is 21.6 Å². The Hall–Kier alpha value is -3.33. The summed E-state index contributed by atoms with van der Waals surface area (Å²) in [5.41, 5.74) is 0.432. The van der Waals surface area contributed by atoms with Crippen LogP contribution < -0.4 is 9.62 Å². The fourth-order valence-electron chi connectivity index (χ4n) is 2.70. The van der Waals surface area contributed by atoms with E-state index in [1.54, 1.807) is 19.1 Å². The summed E-state index contributed by atoms with van der Waals surface area (Å²) in [6, 6.07) is 13.7. The molecule has 1 amide bonds. The SMILES string of the molecule is Cc1ccc(S(=O)(=O)N(CC(=O)Nc2ccc(F)c(F)c2)c2ccccc2F)cc1. The van der Waals surface area contributed by atoms with Crippen molar-refractivity contribution in [3.63, 3.8) is 0 Å². The van der Waals surface area contributed by atoms with Gasteiger partial charge in [0.25, 0.3) is 10.0 Å². The number of benzene rings is 3. The van der Waals surface area contributed by atoms with E-state index >= 15 is 0 Å². The Kier molecular flexibility index (Phi) is 6.12. The number of rotatable bonds is 6. The van der Waals surface area contributed by atoms with Crippen LogP contribution in [0.4, 0.5) is 24.5 Å². The zero-order valence-corrected chi connectivity index (χ0v) is 16.6. The number of amides is 1. The van der Waals surface area contributed by atoms with Crippen molar-refractivity contribution in [1.29, 1.82) is 0 Å². The summed E-state index contributed by atoms with van der Waals surface area (Å²) < 4.78 is 67.8. The van der Waals surface area contributed by atoms with Crippen LogP contribution in [-0.4, -0.2) is 20.9 Å². The Morgan fingerprint density at radius 2 is 1.57 bits per heavy atom. The summed E-state index contributed by atoms with van der Waals surface area (Å²) in [5, 5.41) is 2.29. The number of para-hydroxylation sites is 1. The summed E-state index contributed by atoms with van der Waals surface area (Å²) in [4.78, 5) is 12.4. The van der Waals surface area contributed by atoms with Gasteiger partial charge in [0.15, 0.2) is 11.6 Å². The number of nitrogens with zero attached hydrogens (tertiary/aromatic N) is 1. The zero-order chi connectivity index (χ0) is 21.9. The fourth-order valence-corrected chi connectivity index (χ4v) is 4.12. The molecule has 3 aromatic carbocycles. The number of hydrogen-bond acceptors (Lipinski definition) is 3. The van der Waals surface area contributed by atoms with Gasteiger partial charge in [-0.3, -0.25) is 9.10 Å². The van der Waals surface area contributed by atoms with Crippen molar-refractivity contribution >= 4 is 27.3 Å². The van der Waals surface area contributed by atoms with E-state index in [2.05, 4.69) is 5.32 Å². The lowest BCUT2D eigenvalue weighted by Gasteiger charge is -2.24. The lowest BCUT2D eigenvalue weighted by atomic mass is 10.2. The molecule has 0 spiro atoms. The second kappa shape index (κ2) is 8.58. The lowest BCUT2D eigenvalue weighted by molar-refractivity contribution is -0.114. The summed E-state index contributed by atoms with van der Waals surface area (Å²) in [6.45, 7) is 0.996. The predicted molar refractivity (Wildman–Crippen MR) is 107 cm³/mol. The minimum absolute atomic E-state index is 0.0693. The first kappa shape index (κ1) is 21.4. The molecule has 3 rings (SSSR count). The summed E-state index contributed by atoms with van der Waals surface area (Å²) in [7, 11) is -4.30. The number of hydrogen-bond donors (Lipinski definition) is 1. The number of carbonyl (C=O) groups excluding carboxylic acids is 1. The van der Waals surface area contributed by atoms with Crippen molar-refractivity contribution in [2.45, 2.75) is 11.8 Å². The van der Waals surface area contributed by atoms with E-state index in [1.165, 1.54) is 30.3 Å². The number of sulfonamides is 1. The molecule has 0 aromatic heterocycles. The number of nitrogens with one attached hydrogen (secondary N) is 1. The number of aryl methyl sites for hydroxylation is 1. The van der Waals surface area contributed by atoms with Gasteiger partial charge in [-0.15, -0.1) is 0 Å². The van der Waals surface area contributed by atoms with Gasteiger partial charge in [-0.05, 0) is 43.3 Å². The molecule has 0 heterocycles. The van der Waals surface area contributed by atoms with Crippen LogP contribution in [0.25, 0.3) is 0 Å². The van der Waals surface area contributed by atoms with Crippen molar-refractivity contribution in [3.05, 3.63) is 89.7 Å². The van der Waals surface area contributed by atoms with Crippen molar-refractivity contribution in [2.24, 2.45) is 0 Å². The first-order valence-corrected chi connectivity index (χ1v) is 10.2. The van der Waals surface area contributed by atoms with Gasteiger partial charge in [-0.1, -0.05) is 29.8 Å². The van der Waals surface area contributed by atoms with Crippen molar-refractivity contribution in [3.8, 4) is 0 Å². The fraction of sp³-hybridized carbons (Fsp3) is 0.0952. The van der Waals surface area contributed by atoms with Gasteiger partial charge in [0.1, 0.15) is 12.4 Å². The Labute approximate surface area is 171 Å². The van der Waals surface area contributed by atoms with Gasteiger partial charge < -0.3 is 5.32 Å². The number of anilines is 2. The van der Waals surface area contributed by atoms with Crippen molar-refractivity contribution in [2.75, 3.05) is 16.2 Å². The maximum Gasteiger partial charge on any atom is 0.264 e. The first-order valence-electron chi connectivity index (χ1n) is 8.77. The smallest absolute Gasteiger partial charge is 0.264 e. The van der Waals surface area contributed by atoms with Gasteiger partial charge in [-0.2, -0.15) is 0 Å². The highest BCUT2D eigenvalue weighted by molar-refractivity contribution is 7.92. The predicted octanol–water partition coefficient (Wildman–Crippen LogP) is 4.25. The van der Waals surface area contributed by atoms with Crippen LogP contribution in [0, 0.1) is 24.4 Å². The average molecular weight is 434 g/mol. The highest BCUT2D eigenvalue weighted by Crippen LogP contribution is 2.26. The van der Waals surface area contributed by atoms with Gasteiger partial charge in [0, 0.05) is 11.8 Å². The highest BCUT2D eigenvalue weighted by Gasteiger charge is 2.29. The van der Waals surface area contributed by atoms with Crippen molar-refractivity contribution < 1.29 is 26.4 Å². The van der Waals surface area contributed by atoms with Gasteiger partial charge >= 0.3 is 0 Å². The topological polar surface area (TPSA) is 66.5 Å². The van der Waals surface area contributed by atoms with Crippen LogP contribution in [-0.2, 0) is 14.8 Å². The van der Waals surface area contributed by atoms with Crippen LogP contribution >= 0.6 is 0 Å². The van der Waals surface area contributed by atoms with E-state index in [0.29, 0.717) is 4.31 Å². The molecule has 5 nitrogen and oxygen atoms in total. The minimum Gasteiger partial charge on any atom is -0.324 e. The number of halogens is 3. The van der Waals surface area contributed by atoms with E-state index in [4.69, 9.17) is 0 Å². The maximum absolute atomic E-state index is 14.4. The molecule has 0 aliphatic carbocycles. The molecular formula is C21H17F3N2O3S. The Balaban J connectivity index is 1.95. The van der Waals surface area contributed by atoms with E-state index in [-0.39, 0.29) is 16.3 Å². The summed E-state index contributed by atoms with van der Waals surface area (Å²) in [5.74, 6) is -3.97. The molecule has 3 aromatic rings. The monoisotopic (exact) mass is 434 g/mol. The average Bonchev–Trinajstić information content (AvgIpc) is 2.70. The van der Waals surface area contributed by atoms with Crippen LogP contribution in [0.2, 0.25) is 0 Å². The van der Waals surface area contributed by atoms with Crippen LogP contribution in [0.1, 0.15) is 5.56 Å². The maximum atomic E-state index is 14.4. The normalized spacial score (nSPS) is 11.2. The third-order valence-corrected chi connectivity index (χ3v) is 5.99. The molecular weight excluding hydrogens is 417 g/mol. The molecule has 1 N–H and O–H groups in total. The third-order valence-electron chi connectivity index (χ3n) is 4.22. The molecule has 0 saturated carbocycles. The Morgan fingerprint density at radius 3 is 2.20 bits per heavy atom. The van der Waals surface area contributed by atoms with E-state index in [1.807, 2.05) is 0 Å². The first-order chi connectivity index (χ1) is 14.2. The molecule has 0 aliphatic heterocycles. The van der Waals surface area contributed by atoms with Crippen molar-refractivity contribution in [1.82, 2.24) is 0 Å². The molecule has 0 atom stereocenters. The minimum atomic E-state index is -4.30. The summed E-state index contributed by atoms with van der Waals surface area (Å²) in [6.07, 6.45) is 0. The third kappa shape index (κ3) is 4.62. The standard InChI is InChI=1S/C21H17F3N2O3S/c1-14-6-9-16(10-7-14)30(28,29)26(20-5-3-2-4-18(20)23)13-21(27)25-15-8-11-17(22)19(24)12-15/h2-12H,13H2,1H3,(H,25,27). The molecule has 0 unspecified atom stereocenters. The zero-order valence-electron chi connectivity index (χ0n) is 15.8. The quantitative estimate of drug-likeness (QED) is 0.631. The molecule has 9 heteroatoms. The lowest BCUT2D eigenvalue weighted by Crippen LogP contribution is -2.38.